The van der Waals surface area contributed by atoms with E-state index in [1.807, 2.05) is 18.4 Å². The minimum Gasteiger partial charge on any atom is -0.477 e. The predicted molar refractivity (Wildman–Crippen MR) is 81.2 cm³/mol. The monoisotopic (exact) mass is 306 g/mol. The van der Waals surface area contributed by atoms with Gasteiger partial charge in [0.25, 0.3) is 5.69 Å². The van der Waals surface area contributed by atoms with Crippen molar-refractivity contribution in [1.29, 1.82) is 0 Å². The second-order valence-corrected chi connectivity index (χ2v) is 5.46. The van der Waals surface area contributed by atoms with E-state index in [9.17, 15) is 14.9 Å². The van der Waals surface area contributed by atoms with E-state index in [-0.39, 0.29) is 11.6 Å². The largest absolute Gasteiger partial charge is 0.477 e. The van der Waals surface area contributed by atoms with Crippen molar-refractivity contribution in [2.45, 2.75) is 19.4 Å². The van der Waals surface area contributed by atoms with Gasteiger partial charge < -0.3 is 10.4 Å². The highest BCUT2D eigenvalue weighted by atomic mass is 32.1. The van der Waals surface area contributed by atoms with Crippen molar-refractivity contribution in [1.82, 2.24) is 0 Å². The lowest BCUT2D eigenvalue weighted by molar-refractivity contribution is -0.385. The third-order valence-corrected chi connectivity index (χ3v) is 3.69. The van der Waals surface area contributed by atoms with Crippen LogP contribution in [0.5, 0.6) is 0 Å². The summed E-state index contributed by atoms with van der Waals surface area (Å²) < 4.78 is 0. The molecule has 0 bridgehead atoms. The van der Waals surface area contributed by atoms with E-state index in [0.29, 0.717) is 5.69 Å². The van der Waals surface area contributed by atoms with Crippen LogP contribution in [0.4, 0.5) is 11.4 Å². The zero-order chi connectivity index (χ0) is 15.4. The van der Waals surface area contributed by atoms with Gasteiger partial charge in [-0.15, -0.1) is 0 Å². The molecule has 2 N–H and O–H groups in total. The summed E-state index contributed by atoms with van der Waals surface area (Å²) in [5.74, 6) is -1.31. The van der Waals surface area contributed by atoms with Crippen molar-refractivity contribution < 1.29 is 14.8 Å². The molecule has 1 heterocycles. The van der Waals surface area contributed by atoms with Crippen LogP contribution in [0.25, 0.3) is 0 Å². The van der Waals surface area contributed by atoms with Crippen molar-refractivity contribution in [3.8, 4) is 0 Å². The van der Waals surface area contributed by atoms with Crippen LogP contribution >= 0.6 is 11.3 Å². The summed E-state index contributed by atoms with van der Waals surface area (Å²) in [4.78, 5) is 21.2. The summed E-state index contributed by atoms with van der Waals surface area (Å²) >= 11 is 1.62. The van der Waals surface area contributed by atoms with Gasteiger partial charge in [0, 0.05) is 17.8 Å². The molecule has 0 aliphatic heterocycles. The molecule has 1 unspecified atom stereocenters. The Morgan fingerprint density at radius 2 is 2.24 bits per heavy atom. The van der Waals surface area contributed by atoms with E-state index in [1.54, 1.807) is 11.3 Å². The molecule has 1 atom stereocenters. The van der Waals surface area contributed by atoms with Crippen molar-refractivity contribution >= 4 is 28.7 Å². The maximum Gasteiger partial charge on any atom is 0.342 e. The summed E-state index contributed by atoms with van der Waals surface area (Å²) in [7, 11) is 0. The topological polar surface area (TPSA) is 92.5 Å². The molecule has 1 aromatic heterocycles. The molecular weight excluding hydrogens is 292 g/mol. The van der Waals surface area contributed by atoms with Gasteiger partial charge in [0.1, 0.15) is 5.56 Å². The Kier molecular flexibility index (Phi) is 4.54. The van der Waals surface area contributed by atoms with E-state index < -0.39 is 16.6 Å². The average Bonchev–Trinajstić information content (AvgIpc) is 2.90. The Morgan fingerprint density at radius 1 is 1.48 bits per heavy atom. The van der Waals surface area contributed by atoms with Gasteiger partial charge in [-0.3, -0.25) is 10.1 Å². The van der Waals surface area contributed by atoms with Gasteiger partial charge in [0.15, 0.2) is 0 Å². The van der Waals surface area contributed by atoms with Crippen LogP contribution in [-0.2, 0) is 6.42 Å². The predicted octanol–water partition coefficient (Wildman–Crippen LogP) is 3.40. The van der Waals surface area contributed by atoms with E-state index in [4.69, 9.17) is 5.11 Å². The number of hydrogen-bond donors (Lipinski definition) is 2. The first-order valence-corrected chi connectivity index (χ1v) is 7.21. The fraction of sp³-hybridized carbons (Fsp3) is 0.214. The van der Waals surface area contributed by atoms with E-state index >= 15 is 0 Å². The molecule has 7 heteroatoms. The lowest BCUT2D eigenvalue weighted by atomic mass is 10.1. The Bertz CT molecular complexity index is 655. The van der Waals surface area contributed by atoms with Gasteiger partial charge in [0.2, 0.25) is 0 Å². The van der Waals surface area contributed by atoms with E-state index in [1.165, 1.54) is 23.8 Å². The van der Waals surface area contributed by atoms with Gasteiger partial charge in [-0.2, -0.15) is 11.3 Å². The third kappa shape index (κ3) is 3.79. The van der Waals surface area contributed by atoms with Gasteiger partial charge in [0.05, 0.1) is 4.92 Å². The number of carboxylic acid groups (broad SMARTS) is 1. The number of nitro benzene ring substituents is 1. The van der Waals surface area contributed by atoms with E-state index in [2.05, 4.69) is 10.7 Å². The fourth-order valence-corrected chi connectivity index (χ4v) is 2.74. The number of nitrogens with zero attached hydrogens (tertiary/aromatic N) is 1. The summed E-state index contributed by atoms with van der Waals surface area (Å²) in [5, 5.41) is 27.1. The number of aromatic carboxylic acids is 1. The molecule has 0 fully saturated rings. The summed E-state index contributed by atoms with van der Waals surface area (Å²) in [6, 6.07) is 6.15. The Hall–Kier alpha value is -2.41. The molecule has 0 aliphatic rings. The van der Waals surface area contributed by atoms with Crippen molar-refractivity contribution in [2.24, 2.45) is 0 Å². The van der Waals surface area contributed by atoms with Crippen LogP contribution in [0, 0.1) is 10.1 Å². The Balaban J connectivity index is 2.15. The Labute approximate surface area is 125 Å². The number of nitrogens with one attached hydrogen (secondary N) is 1. The molecule has 0 radical (unpaired) electrons. The molecular formula is C14H14N2O4S. The molecule has 2 rings (SSSR count). The van der Waals surface area contributed by atoms with Crippen molar-refractivity contribution in [2.75, 3.05) is 5.32 Å². The van der Waals surface area contributed by atoms with Gasteiger partial charge in [-0.25, -0.2) is 4.79 Å². The maximum absolute atomic E-state index is 11.1. The number of carboxylic acids is 1. The molecule has 110 valence electrons. The summed E-state index contributed by atoms with van der Waals surface area (Å²) in [6.45, 7) is 1.97. The number of hydrogen-bond acceptors (Lipinski definition) is 5. The standard InChI is InChI=1S/C14H14N2O4S/c1-9(6-10-4-5-21-8-10)15-11-2-3-13(16(19)20)12(7-11)14(17)18/h2-5,7-9,15H,6H2,1H3,(H,17,18). The molecule has 1 aromatic carbocycles. The van der Waals surface area contributed by atoms with Crippen LogP contribution in [0.1, 0.15) is 22.8 Å². The lowest BCUT2D eigenvalue weighted by Crippen LogP contribution is -2.18. The summed E-state index contributed by atoms with van der Waals surface area (Å²) in [6.07, 6.45) is 0.795. The van der Waals surface area contributed by atoms with Crippen molar-refractivity contribution in [3.05, 3.63) is 56.3 Å². The Morgan fingerprint density at radius 3 is 2.81 bits per heavy atom. The third-order valence-electron chi connectivity index (χ3n) is 2.96. The second-order valence-electron chi connectivity index (χ2n) is 4.68. The number of nitro groups is 1. The van der Waals surface area contributed by atoms with Crippen LogP contribution in [-0.4, -0.2) is 22.0 Å². The molecule has 0 spiro atoms. The molecule has 2 aromatic rings. The van der Waals surface area contributed by atoms with Gasteiger partial charge >= 0.3 is 5.97 Å². The van der Waals surface area contributed by atoms with Gasteiger partial charge in [-0.05, 0) is 47.9 Å². The maximum atomic E-state index is 11.1. The summed E-state index contributed by atoms with van der Waals surface area (Å²) in [5.41, 5.74) is 1.03. The highest BCUT2D eigenvalue weighted by Crippen LogP contribution is 2.23. The number of anilines is 1. The van der Waals surface area contributed by atoms with Crippen LogP contribution in [0.15, 0.2) is 35.0 Å². The number of rotatable bonds is 6. The zero-order valence-electron chi connectivity index (χ0n) is 11.3. The van der Waals surface area contributed by atoms with Crippen LogP contribution < -0.4 is 5.32 Å². The van der Waals surface area contributed by atoms with E-state index in [0.717, 1.165) is 6.42 Å². The normalized spacial score (nSPS) is 11.9. The first kappa shape index (κ1) is 15.0. The highest BCUT2D eigenvalue weighted by Gasteiger charge is 2.20. The molecule has 0 saturated carbocycles. The average molecular weight is 306 g/mol. The lowest BCUT2D eigenvalue weighted by Gasteiger charge is -2.15. The number of thiophene rings is 1. The van der Waals surface area contributed by atoms with Crippen LogP contribution in [0.2, 0.25) is 0 Å². The zero-order valence-corrected chi connectivity index (χ0v) is 12.1. The SMILES string of the molecule is CC(Cc1ccsc1)Nc1ccc([N+](=O)[O-])c(C(=O)O)c1. The molecule has 21 heavy (non-hydrogen) atoms. The molecule has 6 nitrogen and oxygen atoms in total. The number of carbonyl (C=O) groups is 1. The first-order valence-electron chi connectivity index (χ1n) is 6.26. The second kappa shape index (κ2) is 6.36. The number of benzene rings is 1. The molecule has 0 saturated heterocycles. The highest BCUT2D eigenvalue weighted by molar-refractivity contribution is 7.07. The smallest absolute Gasteiger partial charge is 0.342 e. The minimum absolute atomic E-state index is 0.0858. The van der Waals surface area contributed by atoms with Crippen molar-refractivity contribution in [3.63, 3.8) is 0 Å². The van der Waals surface area contributed by atoms with Crippen LogP contribution in [0.3, 0.4) is 0 Å². The molecule has 0 amide bonds. The van der Waals surface area contributed by atoms with Gasteiger partial charge in [-0.1, -0.05) is 0 Å². The first-order chi connectivity index (χ1) is 9.97. The fourth-order valence-electron chi connectivity index (χ4n) is 2.05. The quantitative estimate of drug-likeness (QED) is 0.630. The minimum atomic E-state index is -1.31. The molecule has 0 aliphatic carbocycles.